The van der Waals surface area contributed by atoms with Gasteiger partial charge in [0.05, 0.1) is 0 Å². The van der Waals surface area contributed by atoms with Crippen molar-refractivity contribution in [2.75, 3.05) is 0 Å². The summed E-state index contributed by atoms with van der Waals surface area (Å²) >= 11 is 0. The molecular formula is C16H20N2. The summed E-state index contributed by atoms with van der Waals surface area (Å²) in [5.74, 6) is 0. The van der Waals surface area contributed by atoms with Crippen LogP contribution in [0.25, 0.3) is 0 Å². The fraction of sp³-hybridized carbons (Fsp3) is 0.312. The van der Waals surface area contributed by atoms with Crippen LogP contribution < -0.4 is 5.32 Å². The number of benzene rings is 1. The molecule has 0 bridgehead atoms. The third-order valence-electron chi connectivity index (χ3n) is 3.23. The summed E-state index contributed by atoms with van der Waals surface area (Å²) in [7, 11) is 0. The zero-order valence-corrected chi connectivity index (χ0v) is 11.2. The molecule has 1 unspecified atom stereocenters. The highest BCUT2D eigenvalue weighted by molar-refractivity contribution is 5.25. The second-order valence-electron chi connectivity index (χ2n) is 4.81. The molecule has 0 saturated heterocycles. The topological polar surface area (TPSA) is 24.9 Å². The molecule has 1 N–H and O–H groups in total. The minimum atomic E-state index is 0.300. The fourth-order valence-electron chi connectivity index (χ4n) is 2.14. The average molecular weight is 240 g/mol. The number of aromatic nitrogens is 1. The number of nitrogens with zero attached hydrogens (tertiary/aromatic N) is 1. The summed E-state index contributed by atoms with van der Waals surface area (Å²) in [5.41, 5.74) is 3.85. The smallest absolute Gasteiger partial charge is 0.0315 e. The number of rotatable bonds is 4. The van der Waals surface area contributed by atoms with Crippen molar-refractivity contribution in [2.45, 2.75) is 32.9 Å². The van der Waals surface area contributed by atoms with Crippen LogP contribution in [0.5, 0.6) is 0 Å². The molecule has 94 valence electrons. The Morgan fingerprint density at radius 1 is 1.00 bits per heavy atom. The number of pyridine rings is 1. The van der Waals surface area contributed by atoms with E-state index >= 15 is 0 Å². The predicted molar refractivity (Wildman–Crippen MR) is 75.4 cm³/mol. The van der Waals surface area contributed by atoms with E-state index in [0.29, 0.717) is 12.1 Å². The first-order chi connectivity index (χ1) is 8.66. The monoisotopic (exact) mass is 240 g/mol. The molecular weight excluding hydrogens is 220 g/mol. The van der Waals surface area contributed by atoms with Crippen LogP contribution in [0.4, 0.5) is 0 Å². The largest absolute Gasteiger partial charge is 0.304 e. The lowest BCUT2D eigenvalue weighted by atomic mass is 10.0. The summed E-state index contributed by atoms with van der Waals surface area (Å²) in [6.07, 6.45) is 3.72. The van der Waals surface area contributed by atoms with Crippen molar-refractivity contribution in [1.29, 1.82) is 0 Å². The Labute approximate surface area is 109 Å². The Kier molecular flexibility index (Phi) is 4.11. The van der Waals surface area contributed by atoms with Crippen LogP contribution in [0, 0.1) is 6.92 Å². The van der Waals surface area contributed by atoms with Gasteiger partial charge < -0.3 is 5.32 Å². The first-order valence-corrected chi connectivity index (χ1v) is 6.39. The van der Waals surface area contributed by atoms with Crippen LogP contribution in [-0.2, 0) is 0 Å². The van der Waals surface area contributed by atoms with Crippen molar-refractivity contribution in [2.24, 2.45) is 0 Å². The van der Waals surface area contributed by atoms with Gasteiger partial charge in [-0.05, 0) is 38.0 Å². The van der Waals surface area contributed by atoms with Crippen LogP contribution in [0.2, 0.25) is 0 Å². The van der Waals surface area contributed by atoms with Crippen molar-refractivity contribution in [3.8, 4) is 0 Å². The lowest BCUT2D eigenvalue weighted by Gasteiger charge is -2.20. The van der Waals surface area contributed by atoms with E-state index in [2.05, 4.69) is 61.4 Å². The molecule has 0 radical (unpaired) electrons. The summed E-state index contributed by atoms with van der Waals surface area (Å²) < 4.78 is 0. The first kappa shape index (κ1) is 12.8. The highest BCUT2D eigenvalue weighted by atomic mass is 14.9. The molecule has 0 spiro atoms. The second kappa shape index (κ2) is 5.78. The maximum Gasteiger partial charge on any atom is 0.0315 e. The molecule has 1 heterocycles. The summed E-state index contributed by atoms with van der Waals surface area (Å²) in [4.78, 5) is 4.16. The quantitative estimate of drug-likeness (QED) is 0.879. The number of nitrogens with one attached hydrogen (secondary N) is 1. The Morgan fingerprint density at radius 3 is 2.39 bits per heavy atom. The molecule has 0 aliphatic carbocycles. The summed E-state index contributed by atoms with van der Waals surface area (Å²) in [5, 5.41) is 3.60. The lowest BCUT2D eigenvalue weighted by Crippen LogP contribution is -2.22. The standard InChI is InChI=1S/C16H20N2/c1-12-6-4-7-15(10-12)13(2)18-14(3)16-8-5-9-17-11-16/h4-11,13-14,18H,1-3H3/t13-,14?/m0/s1. The van der Waals surface area contributed by atoms with Gasteiger partial charge in [-0.2, -0.15) is 0 Å². The van der Waals surface area contributed by atoms with Gasteiger partial charge in [0.25, 0.3) is 0 Å². The van der Waals surface area contributed by atoms with Crippen LogP contribution in [0.1, 0.15) is 42.6 Å². The maximum absolute atomic E-state index is 4.16. The first-order valence-electron chi connectivity index (χ1n) is 6.39. The zero-order chi connectivity index (χ0) is 13.0. The Balaban J connectivity index is 2.05. The lowest BCUT2D eigenvalue weighted by molar-refractivity contribution is 0.493. The summed E-state index contributed by atoms with van der Waals surface area (Å²) in [6.45, 7) is 6.49. The normalized spacial score (nSPS) is 14.2. The van der Waals surface area contributed by atoms with Gasteiger partial charge >= 0.3 is 0 Å². The molecule has 0 aliphatic rings. The Hall–Kier alpha value is -1.67. The molecule has 1 aromatic heterocycles. The van der Waals surface area contributed by atoms with Gasteiger partial charge in [-0.15, -0.1) is 0 Å². The van der Waals surface area contributed by atoms with Crippen molar-refractivity contribution in [3.63, 3.8) is 0 Å². The van der Waals surface area contributed by atoms with Gasteiger partial charge in [0.1, 0.15) is 0 Å². The second-order valence-corrected chi connectivity index (χ2v) is 4.81. The molecule has 18 heavy (non-hydrogen) atoms. The number of aryl methyl sites for hydroxylation is 1. The average Bonchev–Trinajstić information content (AvgIpc) is 2.39. The molecule has 2 nitrogen and oxygen atoms in total. The van der Waals surface area contributed by atoms with E-state index in [0.717, 1.165) is 0 Å². The Bertz CT molecular complexity index is 493. The van der Waals surface area contributed by atoms with Crippen molar-refractivity contribution in [3.05, 3.63) is 65.5 Å². The van der Waals surface area contributed by atoms with Crippen LogP contribution in [0.3, 0.4) is 0 Å². The number of hydrogen-bond acceptors (Lipinski definition) is 2. The van der Waals surface area contributed by atoms with Crippen molar-refractivity contribution >= 4 is 0 Å². The van der Waals surface area contributed by atoms with Gasteiger partial charge in [0.15, 0.2) is 0 Å². The van der Waals surface area contributed by atoms with Gasteiger partial charge in [0.2, 0.25) is 0 Å². The van der Waals surface area contributed by atoms with Gasteiger partial charge in [-0.25, -0.2) is 0 Å². The molecule has 1 aromatic carbocycles. The van der Waals surface area contributed by atoms with Crippen molar-refractivity contribution < 1.29 is 0 Å². The Morgan fingerprint density at radius 2 is 1.72 bits per heavy atom. The molecule has 2 atom stereocenters. The molecule has 2 rings (SSSR count). The van der Waals surface area contributed by atoms with E-state index in [4.69, 9.17) is 0 Å². The molecule has 0 aliphatic heterocycles. The van der Waals surface area contributed by atoms with E-state index < -0.39 is 0 Å². The SMILES string of the molecule is Cc1cccc([C@H](C)NC(C)c2cccnc2)c1. The fourth-order valence-corrected chi connectivity index (χ4v) is 2.14. The summed E-state index contributed by atoms with van der Waals surface area (Å²) in [6, 6.07) is 13.3. The van der Waals surface area contributed by atoms with E-state index in [1.54, 1.807) is 6.20 Å². The van der Waals surface area contributed by atoms with Gasteiger partial charge in [0, 0.05) is 24.5 Å². The van der Waals surface area contributed by atoms with Crippen LogP contribution in [-0.4, -0.2) is 4.98 Å². The van der Waals surface area contributed by atoms with Gasteiger partial charge in [-0.1, -0.05) is 35.9 Å². The van der Waals surface area contributed by atoms with Crippen LogP contribution in [0.15, 0.2) is 48.8 Å². The predicted octanol–water partition coefficient (Wildman–Crippen LogP) is 3.80. The van der Waals surface area contributed by atoms with E-state index in [9.17, 15) is 0 Å². The molecule has 0 saturated carbocycles. The van der Waals surface area contributed by atoms with Crippen LogP contribution >= 0.6 is 0 Å². The number of hydrogen-bond donors (Lipinski definition) is 1. The minimum absolute atomic E-state index is 0.300. The maximum atomic E-state index is 4.16. The highest BCUT2D eigenvalue weighted by Gasteiger charge is 2.10. The zero-order valence-electron chi connectivity index (χ0n) is 11.2. The van der Waals surface area contributed by atoms with E-state index in [1.165, 1.54) is 16.7 Å². The van der Waals surface area contributed by atoms with E-state index in [1.807, 2.05) is 12.3 Å². The molecule has 0 amide bonds. The molecule has 2 aromatic rings. The minimum Gasteiger partial charge on any atom is -0.304 e. The van der Waals surface area contributed by atoms with E-state index in [-0.39, 0.29) is 0 Å². The molecule has 2 heteroatoms. The highest BCUT2D eigenvalue weighted by Crippen LogP contribution is 2.19. The van der Waals surface area contributed by atoms with Gasteiger partial charge in [-0.3, -0.25) is 4.98 Å². The van der Waals surface area contributed by atoms with Crippen molar-refractivity contribution in [1.82, 2.24) is 10.3 Å². The third kappa shape index (κ3) is 3.17. The molecule has 0 fully saturated rings. The third-order valence-corrected chi connectivity index (χ3v) is 3.23.